The van der Waals surface area contributed by atoms with Gasteiger partial charge >= 0.3 is 0 Å². The number of hydrogen-bond acceptors (Lipinski definition) is 3. The van der Waals surface area contributed by atoms with Crippen LogP contribution in [-0.4, -0.2) is 50.2 Å². The lowest BCUT2D eigenvalue weighted by Gasteiger charge is -2.26. The summed E-state index contributed by atoms with van der Waals surface area (Å²) in [7, 11) is 0. The molecule has 0 N–H and O–H groups in total. The van der Waals surface area contributed by atoms with Gasteiger partial charge in [-0.1, -0.05) is 12.1 Å². The first-order valence-electron chi connectivity index (χ1n) is 8.02. The van der Waals surface area contributed by atoms with Crippen molar-refractivity contribution in [2.45, 2.75) is 25.7 Å². The van der Waals surface area contributed by atoms with Gasteiger partial charge in [-0.2, -0.15) is 0 Å². The molecule has 1 aromatic carbocycles. The lowest BCUT2D eigenvalue weighted by Crippen LogP contribution is -2.40. The van der Waals surface area contributed by atoms with Gasteiger partial charge in [-0.25, -0.2) is 0 Å². The third-order valence-electron chi connectivity index (χ3n) is 4.40. The zero-order valence-corrected chi connectivity index (χ0v) is 12.6. The monoisotopic (exact) mass is 288 g/mol. The van der Waals surface area contributed by atoms with Crippen molar-refractivity contribution in [3.05, 3.63) is 29.8 Å². The number of amides is 1. The van der Waals surface area contributed by atoms with Crippen LogP contribution >= 0.6 is 0 Å². The summed E-state index contributed by atoms with van der Waals surface area (Å²) in [6.07, 6.45) is 4.03. The highest BCUT2D eigenvalue weighted by atomic mass is 16.5. The molecule has 4 heteroatoms. The summed E-state index contributed by atoms with van der Waals surface area (Å²) in [5, 5.41) is 0. The Morgan fingerprint density at radius 2 is 1.67 bits per heavy atom. The lowest BCUT2D eigenvalue weighted by atomic mass is 10.1. The largest absolute Gasteiger partial charge is 0.378 e. The molecule has 0 aromatic heterocycles. The van der Waals surface area contributed by atoms with Crippen LogP contribution in [0, 0.1) is 0 Å². The Kier molecular flexibility index (Phi) is 4.76. The Bertz CT molecular complexity index is 460. The molecule has 2 fully saturated rings. The van der Waals surface area contributed by atoms with Crippen molar-refractivity contribution in [3.8, 4) is 0 Å². The van der Waals surface area contributed by atoms with Gasteiger partial charge in [-0.3, -0.25) is 4.79 Å². The van der Waals surface area contributed by atoms with Crippen LogP contribution < -0.4 is 4.90 Å². The molecule has 1 aromatic rings. The fraction of sp³-hybridized carbons (Fsp3) is 0.588. The van der Waals surface area contributed by atoms with Gasteiger partial charge in [-0.15, -0.1) is 0 Å². The average molecular weight is 288 g/mol. The van der Waals surface area contributed by atoms with E-state index in [1.54, 1.807) is 0 Å². The number of rotatable bonds is 4. The second kappa shape index (κ2) is 6.94. The van der Waals surface area contributed by atoms with Gasteiger partial charge in [0.25, 0.3) is 0 Å². The second-order valence-electron chi connectivity index (χ2n) is 5.85. The van der Waals surface area contributed by atoms with E-state index in [9.17, 15) is 4.79 Å². The maximum absolute atomic E-state index is 12.1. The number of ether oxygens (including phenoxy) is 1. The molecule has 0 spiro atoms. The number of morpholine rings is 1. The third kappa shape index (κ3) is 3.76. The average Bonchev–Trinajstić information content (AvgIpc) is 3.08. The Morgan fingerprint density at radius 3 is 2.33 bits per heavy atom. The topological polar surface area (TPSA) is 32.8 Å². The highest BCUT2D eigenvalue weighted by Gasteiger charge is 2.16. The van der Waals surface area contributed by atoms with Crippen LogP contribution in [0.2, 0.25) is 0 Å². The van der Waals surface area contributed by atoms with Crippen molar-refractivity contribution in [2.24, 2.45) is 0 Å². The van der Waals surface area contributed by atoms with E-state index in [2.05, 4.69) is 29.2 Å². The standard InChI is InChI=1S/C17H24N2O2/c20-17(19-11-13-21-14-12-19)8-5-15-3-6-16(7-4-15)18-9-1-2-10-18/h3-4,6-7H,1-2,5,8-14H2. The summed E-state index contributed by atoms with van der Waals surface area (Å²) in [5.41, 5.74) is 2.57. The van der Waals surface area contributed by atoms with E-state index < -0.39 is 0 Å². The van der Waals surface area contributed by atoms with Gasteiger partial charge in [0, 0.05) is 38.3 Å². The molecule has 2 aliphatic rings. The first-order chi connectivity index (χ1) is 10.3. The van der Waals surface area contributed by atoms with Crippen LogP contribution in [0.25, 0.3) is 0 Å². The molecular weight excluding hydrogens is 264 g/mol. The van der Waals surface area contributed by atoms with Gasteiger partial charge < -0.3 is 14.5 Å². The molecular formula is C17H24N2O2. The first kappa shape index (κ1) is 14.4. The Balaban J connectivity index is 1.49. The minimum atomic E-state index is 0.252. The molecule has 3 rings (SSSR count). The smallest absolute Gasteiger partial charge is 0.223 e. The van der Waals surface area contributed by atoms with Crippen molar-refractivity contribution in [3.63, 3.8) is 0 Å². The number of carbonyl (C=O) groups is 1. The van der Waals surface area contributed by atoms with E-state index in [0.29, 0.717) is 19.6 Å². The molecule has 21 heavy (non-hydrogen) atoms. The van der Waals surface area contributed by atoms with Crippen LogP contribution in [0.3, 0.4) is 0 Å². The fourth-order valence-corrected chi connectivity index (χ4v) is 3.07. The summed E-state index contributed by atoms with van der Waals surface area (Å²) in [6, 6.07) is 8.72. The van der Waals surface area contributed by atoms with Gasteiger partial charge in [0.2, 0.25) is 5.91 Å². The molecule has 4 nitrogen and oxygen atoms in total. The van der Waals surface area contributed by atoms with E-state index in [0.717, 1.165) is 19.5 Å². The third-order valence-corrected chi connectivity index (χ3v) is 4.40. The van der Waals surface area contributed by atoms with E-state index in [1.807, 2.05) is 4.90 Å². The highest BCUT2D eigenvalue weighted by molar-refractivity contribution is 5.76. The first-order valence-corrected chi connectivity index (χ1v) is 8.02. The van der Waals surface area contributed by atoms with Crippen molar-refractivity contribution in [1.29, 1.82) is 0 Å². The van der Waals surface area contributed by atoms with E-state index in [-0.39, 0.29) is 5.91 Å². The maximum atomic E-state index is 12.1. The van der Waals surface area contributed by atoms with Crippen LogP contribution in [0.15, 0.2) is 24.3 Å². The van der Waals surface area contributed by atoms with Crippen LogP contribution in [-0.2, 0) is 16.0 Å². The lowest BCUT2D eigenvalue weighted by molar-refractivity contribution is -0.135. The van der Waals surface area contributed by atoms with Crippen molar-refractivity contribution < 1.29 is 9.53 Å². The zero-order valence-electron chi connectivity index (χ0n) is 12.6. The number of benzene rings is 1. The van der Waals surface area contributed by atoms with Crippen LogP contribution in [0.4, 0.5) is 5.69 Å². The molecule has 0 radical (unpaired) electrons. The van der Waals surface area contributed by atoms with Gasteiger partial charge in [0.05, 0.1) is 13.2 Å². The van der Waals surface area contributed by atoms with E-state index >= 15 is 0 Å². The molecule has 114 valence electrons. The normalized spacial score (nSPS) is 19.0. The summed E-state index contributed by atoms with van der Waals surface area (Å²) >= 11 is 0. The molecule has 1 amide bonds. The number of aryl methyl sites for hydroxylation is 1. The SMILES string of the molecule is O=C(CCc1ccc(N2CCCC2)cc1)N1CCOCC1. The van der Waals surface area contributed by atoms with Crippen molar-refractivity contribution in [2.75, 3.05) is 44.3 Å². The molecule has 2 saturated heterocycles. The number of anilines is 1. The van der Waals surface area contributed by atoms with E-state index in [1.165, 1.54) is 37.2 Å². The van der Waals surface area contributed by atoms with Crippen molar-refractivity contribution >= 4 is 11.6 Å². The molecule has 0 atom stereocenters. The number of hydrogen-bond donors (Lipinski definition) is 0. The number of nitrogens with zero attached hydrogens (tertiary/aromatic N) is 2. The Hall–Kier alpha value is -1.55. The highest BCUT2D eigenvalue weighted by Crippen LogP contribution is 2.20. The summed E-state index contributed by atoms with van der Waals surface area (Å²) in [4.78, 5) is 16.5. The summed E-state index contributed by atoms with van der Waals surface area (Å²) in [5.74, 6) is 0.252. The summed E-state index contributed by atoms with van der Waals surface area (Å²) < 4.78 is 5.28. The minimum absolute atomic E-state index is 0.252. The zero-order chi connectivity index (χ0) is 14.5. The molecule has 0 unspecified atom stereocenters. The molecule has 0 aliphatic carbocycles. The van der Waals surface area contributed by atoms with Crippen LogP contribution in [0.5, 0.6) is 0 Å². The fourth-order valence-electron chi connectivity index (χ4n) is 3.07. The molecule has 0 bridgehead atoms. The minimum Gasteiger partial charge on any atom is -0.378 e. The molecule has 0 saturated carbocycles. The van der Waals surface area contributed by atoms with Crippen molar-refractivity contribution in [1.82, 2.24) is 4.90 Å². The Labute approximate surface area is 126 Å². The molecule has 2 heterocycles. The van der Waals surface area contributed by atoms with E-state index in [4.69, 9.17) is 4.74 Å². The van der Waals surface area contributed by atoms with Crippen LogP contribution in [0.1, 0.15) is 24.8 Å². The van der Waals surface area contributed by atoms with Gasteiger partial charge in [0.1, 0.15) is 0 Å². The maximum Gasteiger partial charge on any atom is 0.223 e. The second-order valence-corrected chi connectivity index (χ2v) is 5.85. The van der Waals surface area contributed by atoms with Gasteiger partial charge in [-0.05, 0) is 37.0 Å². The molecule has 2 aliphatic heterocycles. The number of carbonyl (C=O) groups excluding carboxylic acids is 1. The summed E-state index contributed by atoms with van der Waals surface area (Å²) in [6.45, 7) is 5.19. The predicted octanol–water partition coefficient (Wildman–Crippen LogP) is 2.08. The van der Waals surface area contributed by atoms with Gasteiger partial charge in [0.15, 0.2) is 0 Å². The predicted molar refractivity (Wildman–Crippen MR) is 83.6 cm³/mol. The quantitative estimate of drug-likeness (QED) is 0.850. The Morgan fingerprint density at radius 1 is 1.00 bits per heavy atom.